The molecule has 2 nitrogen and oxygen atoms in total. The van der Waals surface area contributed by atoms with Crippen molar-refractivity contribution in [3.63, 3.8) is 0 Å². The average molecular weight is 254 g/mol. The molecule has 0 saturated heterocycles. The average Bonchev–Trinajstić information content (AvgIpc) is 2.91. The summed E-state index contributed by atoms with van der Waals surface area (Å²) in [7, 11) is 2.29. The van der Waals surface area contributed by atoms with Crippen molar-refractivity contribution in [3.05, 3.63) is 0 Å². The van der Waals surface area contributed by atoms with Crippen LogP contribution in [0.4, 0.5) is 0 Å². The Bertz CT molecular complexity index is 237. The Balaban J connectivity index is 2.71. The molecule has 0 amide bonds. The topological polar surface area (TPSA) is 29.3 Å². The molecule has 2 N–H and O–H groups in total. The van der Waals surface area contributed by atoms with Gasteiger partial charge in [0.2, 0.25) is 0 Å². The van der Waals surface area contributed by atoms with E-state index in [0.29, 0.717) is 11.8 Å². The minimum Gasteiger partial charge on any atom is -0.329 e. The molecule has 0 aliphatic heterocycles. The van der Waals surface area contributed by atoms with E-state index in [-0.39, 0.29) is 5.54 Å². The summed E-state index contributed by atoms with van der Waals surface area (Å²) in [4.78, 5) is 2.58. The highest BCUT2D eigenvalue weighted by molar-refractivity contribution is 4.95. The van der Waals surface area contributed by atoms with E-state index in [1.165, 1.54) is 25.8 Å². The predicted octanol–water partition coefficient (Wildman–Crippen LogP) is 3.36. The molecule has 1 saturated carbocycles. The van der Waals surface area contributed by atoms with Crippen LogP contribution in [0.15, 0.2) is 0 Å². The van der Waals surface area contributed by atoms with Crippen molar-refractivity contribution < 1.29 is 0 Å². The summed E-state index contributed by atoms with van der Waals surface area (Å²) in [6, 6.07) is 0. The third kappa shape index (κ3) is 4.24. The van der Waals surface area contributed by atoms with Gasteiger partial charge in [0.05, 0.1) is 0 Å². The molecule has 2 atom stereocenters. The van der Waals surface area contributed by atoms with Crippen molar-refractivity contribution in [2.45, 2.75) is 59.4 Å². The maximum Gasteiger partial charge on any atom is 0.0333 e. The molecule has 1 fully saturated rings. The molecule has 2 heteroatoms. The van der Waals surface area contributed by atoms with Gasteiger partial charge in [0.1, 0.15) is 0 Å². The molecule has 0 aromatic carbocycles. The Hall–Kier alpha value is -0.0800. The van der Waals surface area contributed by atoms with Crippen molar-refractivity contribution in [3.8, 4) is 0 Å². The molecule has 0 aromatic heterocycles. The molecule has 108 valence electrons. The maximum absolute atomic E-state index is 6.19. The molecule has 1 rings (SSSR count). The maximum atomic E-state index is 6.19. The van der Waals surface area contributed by atoms with E-state index >= 15 is 0 Å². The zero-order valence-corrected chi connectivity index (χ0v) is 13.4. The Morgan fingerprint density at radius 3 is 1.89 bits per heavy atom. The summed E-state index contributed by atoms with van der Waals surface area (Å²) in [6.45, 7) is 13.7. The van der Waals surface area contributed by atoms with Crippen LogP contribution < -0.4 is 5.73 Å². The van der Waals surface area contributed by atoms with Crippen LogP contribution in [0, 0.1) is 23.7 Å². The van der Waals surface area contributed by atoms with Gasteiger partial charge in [-0.3, -0.25) is 4.90 Å². The van der Waals surface area contributed by atoms with Crippen LogP contribution in [0.5, 0.6) is 0 Å². The number of nitrogens with two attached hydrogens (primary N) is 1. The molecular weight excluding hydrogens is 220 g/mol. The molecule has 2 unspecified atom stereocenters. The summed E-state index contributed by atoms with van der Waals surface area (Å²) in [5, 5.41) is 0. The van der Waals surface area contributed by atoms with E-state index in [1.807, 2.05) is 0 Å². The van der Waals surface area contributed by atoms with E-state index in [4.69, 9.17) is 5.73 Å². The van der Waals surface area contributed by atoms with Gasteiger partial charge in [0, 0.05) is 18.6 Å². The van der Waals surface area contributed by atoms with E-state index in [9.17, 15) is 0 Å². The van der Waals surface area contributed by atoms with Gasteiger partial charge in [-0.05, 0) is 50.0 Å². The van der Waals surface area contributed by atoms with E-state index < -0.39 is 0 Å². The zero-order chi connectivity index (χ0) is 13.9. The van der Waals surface area contributed by atoms with Gasteiger partial charge in [-0.15, -0.1) is 0 Å². The van der Waals surface area contributed by atoms with Crippen LogP contribution in [-0.4, -0.2) is 30.6 Å². The molecular formula is C16H34N2. The van der Waals surface area contributed by atoms with Crippen molar-refractivity contribution in [2.75, 3.05) is 20.1 Å². The second-order valence-electron chi connectivity index (χ2n) is 7.48. The highest BCUT2D eigenvalue weighted by Crippen LogP contribution is 2.40. The highest BCUT2D eigenvalue weighted by Gasteiger charge is 2.40. The number of likely N-dealkylation sites (N-methyl/N-ethyl adjacent to an activating group) is 1. The lowest BCUT2D eigenvalue weighted by molar-refractivity contribution is 0.0727. The molecule has 18 heavy (non-hydrogen) atoms. The fourth-order valence-electron chi connectivity index (χ4n) is 3.44. The van der Waals surface area contributed by atoms with Crippen LogP contribution in [0.3, 0.4) is 0 Å². The largest absolute Gasteiger partial charge is 0.329 e. The van der Waals surface area contributed by atoms with Crippen molar-refractivity contribution >= 4 is 0 Å². The second-order valence-corrected chi connectivity index (χ2v) is 7.48. The summed E-state index contributed by atoms with van der Waals surface area (Å²) in [6.07, 6.45) is 3.85. The first-order valence-corrected chi connectivity index (χ1v) is 7.72. The number of hydrogen-bond donors (Lipinski definition) is 1. The first kappa shape index (κ1) is 16.0. The minimum absolute atomic E-state index is 0.213. The summed E-state index contributed by atoms with van der Waals surface area (Å²) < 4.78 is 0. The normalized spacial score (nSPS) is 24.3. The molecule has 1 aliphatic rings. The molecule has 0 radical (unpaired) electrons. The first-order valence-electron chi connectivity index (χ1n) is 7.72. The van der Waals surface area contributed by atoms with Crippen LogP contribution in [-0.2, 0) is 0 Å². The predicted molar refractivity (Wildman–Crippen MR) is 80.6 cm³/mol. The molecule has 0 heterocycles. The minimum atomic E-state index is 0.213. The van der Waals surface area contributed by atoms with Crippen molar-refractivity contribution in [1.29, 1.82) is 0 Å². The quantitative estimate of drug-likeness (QED) is 0.719. The Kier molecular flexibility index (Phi) is 5.67. The van der Waals surface area contributed by atoms with Gasteiger partial charge in [0.25, 0.3) is 0 Å². The summed E-state index contributed by atoms with van der Waals surface area (Å²) in [5.41, 5.74) is 6.41. The van der Waals surface area contributed by atoms with Gasteiger partial charge in [0.15, 0.2) is 0 Å². The first-order chi connectivity index (χ1) is 8.30. The Morgan fingerprint density at radius 2 is 1.61 bits per heavy atom. The van der Waals surface area contributed by atoms with Crippen LogP contribution in [0.2, 0.25) is 0 Å². The van der Waals surface area contributed by atoms with Crippen LogP contribution in [0.25, 0.3) is 0 Å². The van der Waals surface area contributed by atoms with E-state index in [1.54, 1.807) is 0 Å². The third-order valence-corrected chi connectivity index (χ3v) is 4.55. The summed E-state index contributed by atoms with van der Waals surface area (Å²) >= 11 is 0. The lowest BCUT2D eigenvalue weighted by atomic mass is 9.80. The standard InChI is InChI=1S/C16H34N2/c1-12(2)8-16(11-17,9-13(3)4)18(6)10-15-7-14(15)5/h12-15H,7-11,17H2,1-6H3. The Labute approximate surface area is 114 Å². The molecule has 0 aromatic rings. The number of nitrogens with zero attached hydrogens (tertiary/aromatic N) is 1. The molecule has 1 aliphatic carbocycles. The zero-order valence-electron chi connectivity index (χ0n) is 13.4. The smallest absolute Gasteiger partial charge is 0.0333 e. The van der Waals surface area contributed by atoms with Gasteiger partial charge < -0.3 is 5.73 Å². The van der Waals surface area contributed by atoms with Crippen molar-refractivity contribution in [1.82, 2.24) is 4.90 Å². The molecule has 0 bridgehead atoms. The SMILES string of the molecule is CC(C)CC(CN)(CC(C)C)N(C)CC1CC1C. The fourth-order valence-corrected chi connectivity index (χ4v) is 3.44. The number of hydrogen-bond acceptors (Lipinski definition) is 2. The Morgan fingerprint density at radius 1 is 1.17 bits per heavy atom. The van der Waals surface area contributed by atoms with Gasteiger partial charge in [-0.25, -0.2) is 0 Å². The monoisotopic (exact) mass is 254 g/mol. The fraction of sp³-hybridized carbons (Fsp3) is 1.00. The summed E-state index contributed by atoms with van der Waals surface area (Å²) in [5.74, 6) is 3.28. The number of rotatable bonds is 8. The molecule has 0 spiro atoms. The van der Waals surface area contributed by atoms with Crippen LogP contribution >= 0.6 is 0 Å². The highest BCUT2D eigenvalue weighted by atomic mass is 15.2. The van der Waals surface area contributed by atoms with Gasteiger partial charge >= 0.3 is 0 Å². The van der Waals surface area contributed by atoms with Crippen LogP contribution in [0.1, 0.15) is 53.9 Å². The lowest BCUT2D eigenvalue weighted by Crippen LogP contribution is -2.54. The second kappa shape index (κ2) is 6.38. The van der Waals surface area contributed by atoms with Gasteiger partial charge in [-0.1, -0.05) is 34.6 Å². The van der Waals surface area contributed by atoms with Crippen molar-refractivity contribution in [2.24, 2.45) is 29.4 Å². The van der Waals surface area contributed by atoms with Gasteiger partial charge in [-0.2, -0.15) is 0 Å². The third-order valence-electron chi connectivity index (χ3n) is 4.55. The van der Waals surface area contributed by atoms with E-state index in [0.717, 1.165) is 18.4 Å². The lowest BCUT2D eigenvalue weighted by Gasteiger charge is -2.44. The van der Waals surface area contributed by atoms with E-state index in [2.05, 4.69) is 46.6 Å².